The van der Waals surface area contributed by atoms with Crippen LogP contribution in [0.25, 0.3) is 0 Å². The summed E-state index contributed by atoms with van der Waals surface area (Å²) < 4.78 is 0. The van der Waals surface area contributed by atoms with Gasteiger partial charge in [-0.15, -0.1) is 0 Å². The summed E-state index contributed by atoms with van der Waals surface area (Å²) in [7, 11) is 0. The van der Waals surface area contributed by atoms with Crippen LogP contribution in [0.1, 0.15) is 18.0 Å². The summed E-state index contributed by atoms with van der Waals surface area (Å²) >= 11 is 11.5. The summed E-state index contributed by atoms with van der Waals surface area (Å²) in [4.78, 5) is 10.6. The van der Waals surface area contributed by atoms with Gasteiger partial charge in [0, 0.05) is 12.5 Å². The normalized spacial score (nSPS) is 12.5. The number of carbonyl (C=O) groups excluding carboxylic acids is 1. The van der Waals surface area contributed by atoms with Gasteiger partial charge in [0.2, 0.25) is 5.91 Å². The van der Waals surface area contributed by atoms with Gasteiger partial charge in [0.1, 0.15) is 0 Å². The van der Waals surface area contributed by atoms with E-state index >= 15 is 0 Å². The van der Waals surface area contributed by atoms with E-state index in [1.165, 1.54) is 0 Å². The van der Waals surface area contributed by atoms with E-state index in [0.717, 1.165) is 5.56 Å². The molecular weight excluding hydrogens is 223 g/mol. The average Bonchev–Trinajstić information content (AvgIpc) is 2.08. The smallest absolute Gasteiger partial charge is 0.219 e. The lowest BCUT2D eigenvalue weighted by Crippen LogP contribution is -2.20. The van der Waals surface area contributed by atoms with E-state index in [1.807, 2.05) is 0 Å². The van der Waals surface area contributed by atoms with Crippen LogP contribution in [0.15, 0.2) is 18.2 Å². The topological polar surface area (TPSA) is 69.1 Å². The molecule has 4 N–H and O–H groups in total. The van der Waals surface area contributed by atoms with E-state index in [0.29, 0.717) is 10.0 Å². The van der Waals surface area contributed by atoms with Crippen LogP contribution in [-0.4, -0.2) is 5.91 Å². The van der Waals surface area contributed by atoms with Gasteiger partial charge in [-0.3, -0.25) is 4.79 Å². The Morgan fingerprint density at radius 1 is 1.36 bits per heavy atom. The Morgan fingerprint density at radius 3 is 2.50 bits per heavy atom. The fourth-order valence-electron chi connectivity index (χ4n) is 1.08. The van der Waals surface area contributed by atoms with E-state index in [-0.39, 0.29) is 6.42 Å². The highest BCUT2D eigenvalue weighted by Gasteiger charge is 2.10. The number of amides is 1. The molecule has 1 aromatic carbocycles. The Labute approximate surface area is 92.0 Å². The Bertz CT molecular complexity index is 355. The molecule has 0 bridgehead atoms. The molecule has 0 aliphatic rings. The van der Waals surface area contributed by atoms with Crippen molar-refractivity contribution < 1.29 is 4.79 Å². The summed E-state index contributed by atoms with van der Waals surface area (Å²) in [5.41, 5.74) is 11.5. The first-order valence-electron chi connectivity index (χ1n) is 3.99. The Hall–Kier alpha value is -0.770. The van der Waals surface area contributed by atoms with E-state index < -0.39 is 11.9 Å². The third kappa shape index (κ3) is 2.87. The number of benzene rings is 1. The molecule has 0 saturated heterocycles. The summed E-state index contributed by atoms with van der Waals surface area (Å²) in [6.45, 7) is 0. The maximum absolute atomic E-state index is 10.6. The molecule has 5 heteroatoms. The van der Waals surface area contributed by atoms with Crippen molar-refractivity contribution >= 4 is 29.1 Å². The zero-order valence-electron chi connectivity index (χ0n) is 7.34. The number of hydrogen-bond donors (Lipinski definition) is 2. The van der Waals surface area contributed by atoms with E-state index in [1.54, 1.807) is 18.2 Å². The van der Waals surface area contributed by atoms with Crippen LogP contribution >= 0.6 is 23.2 Å². The SMILES string of the molecule is NC(=O)CC(N)c1ccc(Cl)c(Cl)c1. The van der Waals surface area contributed by atoms with Crippen LogP contribution in [0.2, 0.25) is 10.0 Å². The molecule has 3 nitrogen and oxygen atoms in total. The van der Waals surface area contributed by atoms with Crippen molar-refractivity contribution in [1.29, 1.82) is 0 Å². The molecule has 1 rings (SSSR count). The van der Waals surface area contributed by atoms with Crippen molar-refractivity contribution in [1.82, 2.24) is 0 Å². The molecule has 0 saturated carbocycles. The molecule has 0 aliphatic heterocycles. The summed E-state index contributed by atoms with van der Waals surface area (Å²) in [6.07, 6.45) is 0.0952. The van der Waals surface area contributed by atoms with Crippen molar-refractivity contribution in [3.8, 4) is 0 Å². The molecule has 1 unspecified atom stereocenters. The Balaban J connectivity index is 2.85. The van der Waals surface area contributed by atoms with E-state index in [2.05, 4.69) is 0 Å². The third-order valence-corrected chi connectivity index (χ3v) is 2.53. The second kappa shape index (κ2) is 4.64. The molecule has 0 heterocycles. The summed E-state index contributed by atoms with van der Waals surface area (Å²) in [5, 5.41) is 0.880. The lowest BCUT2D eigenvalue weighted by Gasteiger charge is -2.10. The minimum atomic E-state index is -0.441. The second-order valence-corrected chi connectivity index (χ2v) is 3.76. The largest absolute Gasteiger partial charge is 0.370 e. The van der Waals surface area contributed by atoms with Gasteiger partial charge in [0.15, 0.2) is 0 Å². The monoisotopic (exact) mass is 232 g/mol. The minimum Gasteiger partial charge on any atom is -0.370 e. The standard InChI is InChI=1S/C9H10Cl2N2O/c10-6-2-1-5(3-7(6)11)8(12)4-9(13)14/h1-3,8H,4,12H2,(H2,13,14). The zero-order chi connectivity index (χ0) is 10.7. The number of primary amides is 1. The van der Waals surface area contributed by atoms with Crippen molar-refractivity contribution in [2.24, 2.45) is 11.5 Å². The van der Waals surface area contributed by atoms with Crippen LogP contribution in [0, 0.1) is 0 Å². The number of halogens is 2. The first-order chi connectivity index (χ1) is 6.50. The molecule has 1 atom stereocenters. The van der Waals surface area contributed by atoms with Gasteiger partial charge in [-0.05, 0) is 17.7 Å². The lowest BCUT2D eigenvalue weighted by molar-refractivity contribution is -0.118. The predicted molar refractivity (Wildman–Crippen MR) is 57.2 cm³/mol. The number of nitrogens with two attached hydrogens (primary N) is 2. The van der Waals surface area contributed by atoms with Gasteiger partial charge >= 0.3 is 0 Å². The highest BCUT2D eigenvalue weighted by atomic mass is 35.5. The van der Waals surface area contributed by atoms with Gasteiger partial charge in [-0.25, -0.2) is 0 Å². The van der Waals surface area contributed by atoms with Crippen LogP contribution in [0.5, 0.6) is 0 Å². The summed E-state index contributed by atoms with van der Waals surface area (Å²) in [6, 6.07) is 4.57. The molecular formula is C9H10Cl2N2O. The number of carbonyl (C=O) groups is 1. The summed E-state index contributed by atoms with van der Waals surface area (Å²) in [5.74, 6) is -0.441. The lowest BCUT2D eigenvalue weighted by atomic mass is 10.0. The molecule has 14 heavy (non-hydrogen) atoms. The van der Waals surface area contributed by atoms with Crippen LogP contribution < -0.4 is 11.5 Å². The van der Waals surface area contributed by atoms with E-state index in [4.69, 9.17) is 34.7 Å². The first-order valence-corrected chi connectivity index (χ1v) is 4.75. The molecule has 0 fully saturated rings. The second-order valence-electron chi connectivity index (χ2n) is 2.95. The highest BCUT2D eigenvalue weighted by molar-refractivity contribution is 6.42. The molecule has 76 valence electrons. The van der Waals surface area contributed by atoms with Gasteiger partial charge in [0.25, 0.3) is 0 Å². The zero-order valence-corrected chi connectivity index (χ0v) is 8.85. The Morgan fingerprint density at radius 2 is 2.00 bits per heavy atom. The van der Waals surface area contributed by atoms with Gasteiger partial charge in [0.05, 0.1) is 10.0 Å². The maximum atomic E-state index is 10.6. The quantitative estimate of drug-likeness (QED) is 0.836. The van der Waals surface area contributed by atoms with Gasteiger partial charge in [-0.1, -0.05) is 29.3 Å². The Kier molecular flexibility index (Phi) is 3.75. The molecule has 1 amide bonds. The first kappa shape index (κ1) is 11.3. The highest BCUT2D eigenvalue weighted by Crippen LogP contribution is 2.25. The fraction of sp³-hybridized carbons (Fsp3) is 0.222. The molecule has 0 aliphatic carbocycles. The van der Waals surface area contributed by atoms with Crippen LogP contribution in [0.3, 0.4) is 0 Å². The van der Waals surface area contributed by atoms with Gasteiger partial charge < -0.3 is 11.5 Å². The van der Waals surface area contributed by atoms with Gasteiger partial charge in [-0.2, -0.15) is 0 Å². The number of hydrogen-bond acceptors (Lipinski definition) is 2. The van der Waals surface area contributed by atoms with Crippen molar-refractivity contribution in [3.05, 3.63) is 33.8 Å². The molecule has 0 radical (unpaired) electrons. The average molecular weight is 233 g/mol. The van der Waals surface area contributed by atoms with E-state index in [9.17, 15) is 4.79 Å². The molecule has 0 spiro atoms. The van der Waals surface area contributed by atoms with Crippen LogP contribution in [0.4, 0.5) is 0 Å². The number of rotatable bonds is 3. The predicted octanol–water partition coefficient (Wildman–Crippen LogP) is 1.87. The molecule has 0 aromatic heterocycles. The third-order valence-electron chi connectivity index (χ3n) is 1.79. The van der Waals surface area contributed by atoms with Crippen LogP contribution in [-0.2, 0) is 4.79 Å². The fourth-order valence-corrected chi connectivity index (χ4v) is 1.38. The minimum absolute atomic E-state index is 0.0952. The van der Waals surface area contributed by atoms with Crippen molar-refractivity contribution in [2.75, 3.05) is 0 Å². The van der Waals surface area contributed by atoms with Crippen molar-refractivity contribution in [3.63, 3.8) is 0 Å². The maximum Gasteiger partial charge on any atom is 0.219 e. The van der Waals surface area contributed by atoms with Crippen molar-refractivity contribution in [2.45, 2.75) is 12.5 Å². The molecule has 1 aromatic rings.